The normalized spacial score (nSPS) is 12.7. The highest BCUT2D eigenvalue weighted by Crippen LogP contribution is 2.51. The van der Waals surface area contributed by atoms with Crippen molar-refractivity contribution in [2.75, 3.05) is 0 Å². The van der Waals surface area contributed by atoms with Crippen LogP contribution in [-0.2, 0) is 0 Å². The minimum Gasteiger partial charge on any atom is -0.454 e. The third-order valence-electron chi connectivity index (χ3n) is 4.11. The quantitative estimate of drug-likeness (QED) is 0.334. The molecule has 0 aliphatic carbocycles. The average Bonchev–Trinajstić information content (AvgIpc) is 2.60. The maximum absolute atomic E-state index is 6.38. The minimum absolute atomic E-state index is 0.979. The molecule has 1 aliphatic rings. The molecule has 0 N–H and O–H groups in total. The fraction of sp³-hybridized carbons (Fsp3) is 0. The molecule has 0 atom stereocenters. The van der Waals surface area contributed by atoms with E-state index in [1.54, 1.807) is 11.8 Å². The van der Waals surface area contributed by atoms with Crippen molar-refractivity contribution in [3.8, 4) is 11.5 Å². The first-order valence-electron chi connectivity index (χ1n) is 7.29. The monoisotopic (exact) mass is 300 g/mol. The van der Waals surface area contributed by atoms with Gasteiger partial charge in [-0.15, -0.1) is 0 Å². The van der Waals surface area contributed by atoms with Crippen LogP contribution >= 0.6 is 11.8 Å². The van der Waals surface area contributed by atoms with Gasteiger partial charge in [0, 0.05) is 10.8 Å². The van der Waals surface area contributed by atoms with E-state index in [1.165, 1.54) is 31.3 Å². The summed E-state index contributed by atoms with van der Waals surface area (Å²) >= 11 is 1.79. The minimum atomic E-state index is 0.979. The molecule has 104 valence electrons. The Kier molecular flexibility index (Phi) is 2.49. The lowest BCUT2D eigenvalue weighted by atomic mass is 10.1. The Morgan fingerprint density at radius 1 is 0.545 bits per heavy atom. The summed E-state index contributed by atoms with van der Waals surface area (Å²) in [7, 11) is 0. The number of fused-ring (bicyclic) bond motifs is 6. The summed E-state index contributed by atoms with van der Waals surface area (Å²) in [6.45, 7) is 0. The van der Waals surface area contributed by atoms with E-state index in [9.17, 15) is 0 Å². The molecule has 2 heteroatoms. The third kappa shape index (κ3) is 1.68. The van der Waals surface area contributed by atoms with Crippen LogP contribution in [0.25, 0.3) is 21.5 Å². The Labute approximate surface area is 132 Å². The van der Waals surface area contributed by atoms with Crippen LogP contribution < -0.4 is 4.74 Å². The van der Waals surface area contributed by atoms with Crippen molar-refractivity contribution in [1.82, 2.24) is 0 Å². The summed E-state index contributed by atoms with van der Waals surface area (Å²) in [6, 6.07) is 25.4. The predicted octanol–water partition coefficient (Wildman–Crippen LogP) is 6.25. The second kappa shape index (κ2) is 4.52. The summed E-state index contributed by atoms with van der Waals surface area (Å²) in [5.74, 6) is 1.96. The average molecular weight is 300 g/mol. The van der Waals surface area contributed by atoms with Gasteiger partial charge in [-0.25, -0.2) is 0 Å². The molecule has 4 aromatic rings. The zero-order chi connectivity index (χ0) is 14.5. The van der Waals surface area contributed by atoms with Crippen LogP contribution in [0, 0.1) is 0 Å². The highest BCUT2D eigenvalue weighted by Gasteiger charge is 2.21. The lowest BCUT2D eigenvalue weighted by Gasteiger charge is -2.22. The van der Waals surface area contributed by atoms with Gasteiger partial charge in [-0.05, 0) is 22.9 Å². The maximum Gasteiger partial charge on any atom is 0.149 e. The Morgan fingerprint density at radius 2 is 1.05 bits per heavy atom. The van der Waals surface area contributed by atoms with E-state index in [4.69, 9.17) is 4.74 Å². The molecule has 1 heterocycles. The zero-order valence-electron chi connectivity index (χ0n) is 11.7. The van der Waals surface area contributed by atoms with Gasteiger partial charge in [0.05, 0.1) is 9.79 Å². The van der Waals surface area contributed by atoms with Gasteiger partial charge in [0.15, 0.2) is 0 Å². The molecular formula is C20H12OS. The number of benzene rings is 4. The Hall–Kier alpha value is -2.45. The van der Waals surface area contributed by atoms with E-state index in [1.807, 2.05) is 0 Å². The van der Waals surface area contributed by atoms with E-state index < -0.39 is 0 Å². The van der Waals surface area contributed by atoms with Crippen molar-refractivity contribution in [3.05, 3.63) is 72.8 Å². The van der Waals surface area contributed by atoms with E-state index in [0.29, 0.717) is 0 Å². The molecule has 0 amide bonds. The van der Waals surface area contributed by atoms with Gasteiger partial charge < -0.3 is 4.74 Å². The number of hydrogen-bond donors (Lipinski definition) is 0. The van der Waals surface area contributed by atoms with Gasteiger partial charge in [0.25, 0.3) is 0 Å². The first-order chi connectivity index (χ1) is 10.9. The number of rotatable bonds is 0. The molecule has 0 saturated carbocycles. The van der Waals surface area contributed by atoms with Gasteiger partial charge in [0.1, 0.15) is 11.5 Å². The van der Waals surface area contributed by atoms with Crippen LogP contribution in [0.5, 0.6) is 11.5 Å². The summed E-state index contributed by atoms with van der Waals surface area (Å²) in [4.78, 5) is 2.36. The van der Waals surface area contributed by atoms with Crippen LogP contribution in [0.2, 0.25) is 0 Å². The second-order valence-electron chi connectivity index (χ2n) is 5.43. The van der Waals surface area contributed by atoms with Crippen LogP contribution in [0.4, 0.5) is 0 Å². The molecule has 0 radical (unpaired) electrons. The SMILES string of the molecule is c1ccc2c3c(ccc2c1)Sc1ccc2ccccc2c1O3. The Balaban J connectivity index is 1.80. The Bertz CT molecular complexity index is 953. The molecule has 4 aromatic carbocycles. The summed E-state index contributed by atoms with van der Waals surface area (Å²) < 4.78 is 6.38. The fourth-order valence-electron chi connectivity index (χ4n) is 3.04. The Morgan fingerprint density at radius 3 is 1.59 bits per heavy atom. The summed E-state index contributed by atoms with van der Waals surface area (Å²) in [6.07, 6.45) is 0. The van der Waals surface area contributed by atoms with Gasteiger partial charge in [-0.1, -0.05) is 72.4 Å². The number of hydrogen-bond acceptors (Lipinski definition) is 2. The summed E-state index contributed by atoms with van der Waals surface area (Å²) in [5.41, 5.74) is 0. The fourth-order valence-corrected chi connectivity index (χ4v) is 4.04. The molecule has 22 heavy (non-hydrogen) atoms. The highest BCUT2D eigenvalue weighted by molar-refractivity contribution is 7.99. The van der Waals surface area contributed by atoms with Gasteiger partial charge in [0.2, 0.25) is 0 Å². The van der Waals surface area contributed by atoms with Crippen LogP contribution in [-0.4, -0.2) is 0 Å². The molecule has 1 nitrogen and oxygen atoms in total. The smallest absolute Gasteiger partial charge is 0.149 e. The largest absolute Gasteiger partial charge is 0.454 e. The topological polar surface area (TPSA) is 9.23 Å². The molecule has 0 aromatic heterocycles. The van der Waals surface area contributed by atoms with Crippen LogP contribution in [0.1, 0.15) is 0 Å². The molecule has 1 aliphatic heterocycles. The number of ether oxygens (including phenoxy) is 1. The van der Waals surface area contributed by atoms with Crippen LogP contribution in [0.3, 0.4) is 0 Å². The highest BCUT2D eigenvalue weighted by atomic mass is 32.2. The lowest BCUT2D eigenvalue weighted by molar-refractivity contribution is 0.466. The predicted molar refractivity (Wildman–Crippen MR) is 92.1 cm³/mol. The third-order valence-corrected chi connectivity index (χ3v) is 5.19. The molecular weight excluding hydrogens is 288 g/mol. The van der Waals surface area contributed by atoms with Gasteiger partial charge in [-0.3, -0.25) is 0 Å². The zero-order valence-corrected chi connectivity index (χ0v) is 12.6. The summed E-state index contributed by atoms with van der Waals surface area (Å²) in [5, 5.41) is 4.77. The second-order valence-corrected chi connectivity index (χ2v) is 6.52. The molecule has 0 unspecified atom stereocenters. The van der Waals surface area contributed by atoms with E-state index in [-0.39, 0.29) is 0 Å². The standard InChI is InChI=1S/C20H12OS/c1-3-7-15-13(5-1)9-11-17-19(15)21-20-16-8-4-2-6-14(16)10-12-18(20)22-17/h1-12H. The van der Waals surface area contributed by atoms with E-state index in [2.05, 4.69) is 72.8 Å². The lowest BCUT2D eigenvalue weighted by Crippen LogP contribution is -1.96. The van der Waals surface area contributed by atoms with Gasteiger partial charge in [-0.2, -0.15) is 0 Å². The maximum atomic E-state index is 6.38. The van der Waals surface area contributed by atoms with E-state index >= 15 is 0 Å². The molecule has 0 fully saturated rings. The van der Waals surface area contributed by atoms with Crippen molar-refractivity contribution in [3.63, 3.8) is 0 Å². The molecule has 0 bridgehead atoms. The van der Waals surface area contributed by atoms with Crippen molar-refractivity contribution < 1.29 is 4.74 Å². The molecule has 5 rings (SSSR count). The van der Waals surface area contributed by atoms with Crippen molar-refractivity contribution in [1.29, 1.82) is 0 Å². The van der Waals surface area contributed by atoms with Crippen molar-refractivity contribution >= 4 is 33.3 Å². The van der Waals surface area contributed by atoms with Crippen molar-refractivity contribution in [2.45, 2.75) is 9.79 Å². The van der Waals surface area contributed by atoms with Gasteiger partial charge >= 0.3 is 0 Å². The van der Waals surface area contributed by atoms with Crippen molar-refractivity contribution in [2.24, 2.45) is 0 Å². The molecule has 0 saturated heterocycles. The first-order valence-corrected chi connectivity index (χ1v) is 8.11. The molecule has 0 spiro atoms. The van der Waals surface area contributed by atoms with E-state index in [0.717, 1.165) is 11.5 Å². The van der Waals surface area contributed by atoms with Crippen LogP contribution in [0.15, 0.2) is 82.6 Å². The first kappa shape index (κ1) is 12.1.